The van der Waals surface area contributed by atoms with Crippen LogP contribution >= 0.6 is 0 Å². The van der Waals surface area contributed by atoms with E-state index in [4.69, 9.17) is 0 Å². The third-order valence-corrected chi connectivity index (χ3v) is 2.83. The Morgan fingerprint density at radius 2 is 1.94 bits per heavy atom. The van der Waals surface area contributed by atoms with Crippen molar-refractivity contribution in [2.24, 2.45) is 0 Å². The first-order valence-corrected chi connectivity index (χ1v) is 6.22. The van der Waals surface area contributed by atoms with Gasteiger partial charge in [0.2, 0.25) is 0 Å². The molecule has 0 atom stereocenters. The Balaban J connectivity index is 1.80. The lowest BCUT2D eigenvalue weighted by molar-refractivity contribution is 0.638. The maximum Gasteiger partial charge on any atom is 0.250 e. The maximum atomic E-state index is 11.6. The van der Waals surface area contributed by atoms with Gasteiger partial charge < -0.3 is 9.88 Å². The lowest BCUT2D eigenvalue weighted by Crippen LogP contribution is -2.20. The number of para-hydroxylation sites is 1. The second-order valence-electron chi connectivity index (χ2n) is 4.38. The summed E-state index contributed by atoms with van der Waals surface area (Å²) in [6, 6.07) is 13.7. The van der Waals surface area contributed by atoms with Gasteiger partial charge in [-0.3, -0.25) is 4.79 Å². The molecule has 0 aliphatic heterocycles. The lowest BCUT2D eigenvalue weighted by atomic mass is 10.3. The minimum absolute atomic E-state index is 0.0784. The maximum absolute atomic E-state index is 11.6. The predicted molar refractivity (Wildman–Crippen MR) is 75.0 cm³/mol. The van der Waals surface area contributed by atoms with Crippen molar-refractivity contribution in [2.75, 3.05) is 11.9 Å². The van der Waals surface area contributed by atoms with Crippen LogP contribution in [0.3, 0.4) is 0 Å². The monoisotopic (exact) mass is 242 g/mol. The predicted octanol–water partition coefficient (Wildman–Crippen LogP) is 2.66. The van der Waals surface area contributed by atoms with Gasteiger partial charge in [-0.15, -0.1) is 0 Å². The largest absolute Gasteiger partial charge is 0.385 e. The molecular formula is C15H18N2O. The van der Waals surface area contributed by atoms with Crippen LogP contribution in [0.4, 0.5) is 5.69 Å². The molecule has 0 radical (unpaired) electrons. The fourth-order valence-corrected chi connectivity index (χ4v) is 1.83. The zero-order valence-electron chi connectivity index (χ0n) is 10.6. The highest BCUT2D eigenvalue weighted by Crippen LogP contribution is 2.04. The average molecular weight is 242 g/mol. The number of aromatic nitrogens is 1. The molecule has 1 aromatic heterocycles. The summed E-state index contributed by atoms with van der Waals surface area (Å²) in [5.41, 5.74) is 2.21. The summed E-state index contributed by atoms with van der Waals surface area (Å²) in [6.07, 6.45) is 2.79. The number of hydrogen-bond donors (Lipinski definition) is 1. The van der Waals surface area contributed by atoms with Crippen molar-refractivity contribution in [2.45, 2.75) is 19.9 Å². The summed E-state index contributed by atoms with van der Waals surface area (Å²) in [7, 11) is 0. The zero-order chi connectivity index (χ0) is 12.8. The van der Waals surface area contributed by atoms with Crippen LogP contribution in [0.2, 0.25) is 0 Å². The highest BCUT2D eigenvalue weighted by Gasteiger charge is 1.96. The Bertz CT molecular complexity index is 546. The Morgan fingerprint density at radius 3 is 2.67 bits per heavy atom. The fourth-order valence-electron chi connectivity index (χ4n) is 1.83. The lowest BCUT2D eigenvalue weighted by Gasteiger charge is -2.08. The van der Waals surface area contributed by atoms with Gasteiger partial charge >= 0.3 is 0 Å². The molecule has 18 heavy (non-hydrogen) atoms. The van der Waals surface area contributed by atoms with Crippen molar-refractivity contribution < 1.29 is 0 Å². The third kappa shape index (κ3) is 3.48. The number of nitrogens with one attached hydrogen (secondary N) is 1. The molecule has 0 amide bonds. The molecule has 0 saturated heterocycles. The van der Waals surface area contributed by atoms with E-state index in [0.29, 0.717) is 0 Å². The molecule has 0 saturated carbocycles. The second-order valence-corrected chi connectivity index (χ2v) is 4.38. The van der Waals surface area contributed by atoms with Gasteiger partial charge in [-0.1, -0.05) is 18.2 Å². The summed E-state index contributed by atoms with van der Waals surface area (Å²) in [5, 5.41) is 3.33. The van der Waals surface area contributed by atoms with Crippen molar-refractivity contribution in [1.82, 2.24) is 4.57 Å². The van der Waals surface area contributed by atoms with E-state index in [1.54, 1.807) is 10.6 Å². The van der Waals surface area contributed by atoms with Crippen LogP contribution in [0.1, 0.15) is 12.0 Å². The van der Waals surface area contributed by atoms with Crippen LogP contribution < -0.4 is 10.9 Å². The first-order valence-electron chi connectivity index (χ1n) is 6.22. The summed E-state index contributed by atoms with van der Waals surface area (Å²) in [6.45, 7) is 3.55. The highest BCUT2D eigenvalue weighted by molar-refractivity contribution is 5.42. The molecule has 2 aromatic rings. The standard InChI is InChI=1S/C15H18N2O/c1-13-8-11-17(15(18)12-13)10-5-9-16-14-6-3-2-4-7-14/h2-4,6-8,11-12,16H,5,9-10H2,1H3. The topological polar surface area (TPSA) is 34.0 Å². The van der Waals surface area contributed by atoms with E-state index in [9.17, 15) is 4.79 Å². The van der Waals surface area contributed by atoms with Crippen molar-refractivity contribution in [3.05, 3.63) is 64.6 Å². The molecule has 1 N–H and O–H groups in total. The molecule has 2 rings (SSSR count). The number of hydrogen-bond acceptors (Lipinski definition) is 2. The first kappa shape index (κ1) is 12.4. The van der Waals surface area contributed by atoms with Crippen LogP contribution in [-0.4, -0.2) is 11.1 Å². The number of anilines is 1. The number of pyridine rings is 1. The van der Waals surface area contributed by atoms with Crippen molar-refractivity contribution >= 4 is 5.69 Å². The number of nitrogens with zero attached hydrogens (tertiary/aromatic N) is 1. The quantitative estimate of drug-likeness (QED) is 0.818. The molecule has 1 aromatic carbocycles. The molecule has 3 nitrogen and oxygen atoms in total. The van der Waals surface area contributed by atoms with Crippen LogP contribution in [0, 0.1) is 6.92 Å². The zero-order valence-corrected chi connectivity index (χ0v) is 10.6. The van der Waals surface area contributed by atoms with Gasteiger partial charge in [0.05, 0.1) is 0 Å². The molecule has 0 unspecified atom stereocenters. The van der Waals surface area contributed by atoms with E-state index in [1.807, 2.05) is 49.5 Å². The van der Waals surface area contributed by atoms with E-state index in [0.717, 1.165) is 30.8 Å². The van der Waals surface area contributed by atoms with Gasteiger partial charge in [0.25, 0.3) is 5.56 Å². The summed E-state index contributed by atoms with van der Waals surface area (Å²) >= 11 is 0. The van der Waals surface area contributed by atoms with E-state index >= 15 is 0 Å². The van der Waals surface area contributed by atoms with Crippen molar-refractivity contribution in [3.8, 4) is 0 Å². The molecular weight excluding hydrogens is 224 g/mol. The molecule has 0 aliphatic rings. The third-order valence-electron chi connectivity index (χ3n) is 2.83. The molecule has 3 heteroatoms. The molecule has 0 bridgehead atoms. The Hall–Kier alpha value is -2.03. The summed E-state index contributed by atoms with van der Waals surface area (Å²) < 4.78 is 1.75. The number of aryl methyl sites for hydroxylation is 2. The van der Waals surface area contributed by atoms with Crippen molar-refractivity contribution in [3.63, 3.8) is 0 Å². The van der Waals surface area contributed by atoms with E-state index < -0.39 is 0 Å². The number of rotatable bonds is 5. The van der Waals surface area contributed by atoms with E-state index in [1.165, 1.54) is 0 Å². The van der Waals surface area contributed by atoms with Gasteiger partial charge in [0, 0.05) is 31.0 Å². The molecule has 1 heterocycles. The van der Waals surface area contributed by atoms with Gasteiger partial charge in [0.15, 0.2) is 0 Å². The molecule has 0 aliphatic carbocycles. The normalized spacial score (nSPS) is 10.3. The summed E-state index contributed by atoms with van der Waals surface area (Å²) in [5.74, 6) is 0. The van der Waals surface area contributed by atoms with E-state index in [2.05, 4.69) is 5.32 Å². The Kier molecular flexibility index (Phi) is 4.18. The van der Waals surface area contributed by atoms with Gasteiger partial charge in [0.1, 0.15) is 0 Å². The number of benzene rings is 1. The molecule has 0 spiro atoms. The van der Waals surface area contributed by atoms with Crippen LogP contribution in [0.5, 0.6) is 0 Å². The van der Waals surface area contributed by atoms with E-state index in [-0.39, 0.29) is 5.56 Å². The average Bonchev–Trinajstić information content (AvgIpc) is 2.38. The van der Waals surface area contributed by atoms with Gasteiger partial charge in [-0.2, -0.15) is 0 Å². The van der Waals surface area contributed by atoms with Gasteiger partial charge in [-0.25, -0.2) is 0 Å². The van der Waals surface area contributed by atoms with Crippen molar-refractivity contribution in [1.29, 1.82) is 0 Å². The Labute approximate surface area is 107 Å². The minimum Gasteiger partial charge on any atom is -0.385 e. The van der Waals surface area contributed by atoms with Crippen LogP contribution in [0.25, 0.3) is 0 Å². The van der Waals surface area contributed by atoms with Crippen LogP contribution in [0.15, 0.2) is 53.5 Å². The van der Waals surface area contributed by atoms with Gasteiger partial charge in [-0.05, 0) is 37.1 Å². The SMILES string of the molecule is Cc1ccn(CCCNc2ccccc2)c(=O)c1. The minimum atomic E-state index is 0.0784. The second kappa shape index (κ2) is 6.05. The Morgan fingerprint density at radius 1 is 1.17 bits per heavy atom. The first-order chi connectivity index (χ1) is 8.75. The molecule has 94 valence electrons. The highest BCUT2D eigenvalue weighted by atomic mass is 16.1. The molecule has 0 fully saturated rings. The smallest absolute Gasteiger partial charge is 0.250 e. The fraction of sp³-hybridized carbons (Fsp3) is 0.267. The van der Waals surface area contributed by atoms with Crippen LogP contribution in [-0.2, 0) is 6.54 Å². The summed E-state index contributed by atoms with van der Waals surface area (Å²) in [4.78, 5) is 11.6.